The first-order valence-corrected chi connectivity index (χ1v) is 5.00. The van der Waals surface area contributed by atoms with Crippen molar-refractivity contribution in [2.24, 2.45) is 5.73 Å². The lowest BCUT2D eigenvalue weighted by Gasteiger charge is -2.05. The lowest BCUT2D eigenvalue weighted by atomic mass is 10.3. The number of aromatic nitrogens is 1. The van der Waals surface area contributed by atoms with E-state index in [1.807, 2.05) is 14.1 Å². The quantitative estimate of drug-likeness (QED) is 0.728. The third-order valence-corrected chi connectivity index (χ3v) is 2.00. The Bertz CT molecular complexity index is 258. The highest BCUT2D eigenvalue weighted by atomic mass is 16.4. The first-order valence-electron chi connectivity index (χ1n) is 5.00. The summed E-state index contributed by atoms with van der Waals surface area (Å²) in [6.07, 6.45) is 4.53. The van der Waals surface area contributed by atoms with E-state index in [2.05, 4.69) is 9.88 Å². The molecule has 0 aliphatic heterocycles. The molecule has 4 nitrogen and oxygen atoms in total. The van der Waals surface area contributed by atoms with E-state index in [9.17, 15) is 0 Å². The Morgan fingerprint density at radius 2 is 2.21 bits per heavy atom. The van der Waals surface area contributed by atoms with Gasteiger partial charge in [-0.3, -0.25) is 0 Å². The second kappa shape index (κ2) is 5.78. The molecule has 0 spiro atoms. The molecular weight excluding hydrogens is 178 g/mol. The fraction of sp³-hybridized carbons (Fsp3) is 0.700. The molecule has 14 heavy (non-hydrogen) atoms. The minimum absolute atomic E-state index is 0.702. The van der Waals surface area contributed by atoms with Crippen LogP contribution in [0.3, 0.4) is 0 Å². The average molecular weight is 197 g/mol. The predicted molar refractivity (Wildman–Crippen MR) is 56.1 cm³/mol. The predicted octanol–water partition coefficient (Wildman–Crippen LogP) is 0.670. The van der Waals surface area contributed by atoms with Gasteiger partial charge in [-0.25, -0.2) is 4.98 Å². The molecule has 1 aromatic rings. The Labute approximate surface area is 85.1 Å². The molecule has 0 saturated heterocycles. The van der Waals surface area contributed by atoms with E-state index >= 15 is 0 Å². The minimum atomic E-state index is 0.702. The third-order valence-electron chi connectivity index (χ3n) is 2.00. The number of nitrogens with zero attached hydrogens (tertiary/aromatic N) is 2. The summed E-state index contributed by atoms with van der Waals surface area (Å²) < 4.78 is 5.54. The van der Waals surface area contributed by atoms with Crippen molar-refractivity contribution in [3.63, 3.8) is 0 Å². The Hall–Kier alpha value is -0.870. The zero-order chi connectivity index (χ0) is 10.4. The molecule has 0 unspecified atom stereocenters. The van der Waals surface area contributed by atoms with Crippen molar-refractivity contribution in [1.29, 1.82) is 0 Å². The van der Waals surface area contributed by atoms with Gasteiger partial charge in [-0.1, -0.05) is 0 Å². The number of oxazole rings is 1. The molecule has 0 saturated carbocycles. The molecule has 0 amide bonds. The minimum Gasteiger partial charge on any atom is -0.446 e. The van der Waals surface area contributed by atoms with E-state index in [-0.39, 0.29) is 0 Å². The lowest BCUT2D eigenvalue weighted by molar-refractivity contribution is 0.376. The SMILES string of the molecule is CN(C)CCc1ncc(CCCN)o1. The van der Waals surface area contributed by atoms with Gasteiger partial charge in [-0.15, -0.1) is 0 Å². The third kappa shape index (κ3) is 3.89. The number of hydrogen-bond donors (Lipinski definition) is 1. The van der Waals surface area contributed by atoms with E-state index in [4.69, 9.17) is 10.2 Å². The second-order valence-corrected chi connectivity index (χ2v) is 3.67. The zero-order valence-electron chi connectivity index (χ0n) is 8.99. The summed E-state index contributed by atoms with van der Waals surface area (Å²) in [4.78, 5) is 6.32. The number of hydrogen-bond acceptors (Lipinski definition) is 4. The standard InChI is InChI=1S/C10H19N3O/c1-13(2)7-5-10-12-8-9(14-10)4-3-6-11/h8H,3-7,11H2,1-2H3. The van der Waals surface area contributed by atoms with Crippen LogP contribution in [0.15, 0.2) is 10.6 Å². The smallest absolute Gasteiger partial charge is 0.195 e. The van der Waals surface area contributed by atoms with Crippen molar-refractivity contribution in [1.82, 2.24) is 9.88 Å². The van der Waals surface area contributed by atoms with Crippen molar-refractivity contribution in [3.05, 3.63) is 17.8 Å². The monoisotopic (exact) mass is 197 g/mol. The van der Waals surface area contributed by atoms with Crippen molar-refractivity contribution in [2.75, 3.05) is 27.2 Å². The highest BCUT2D eigenvalue weighted by molar-refractivity contribution is 4.94. The van der Waals surface area contributed by atoms with Crippen LogP contribution in [0.25, 0.3) is 0 Å². The molecule has 1 heterocycles. The van der Waals surface area contributed by atoms with Gasteiger partial charge in [0.2, 0.25) is 0 Å². The average Bonchev–Trinajstić information content (AvgIpc) is 2.59. The molecule has 2 N–H and O–H groups in total. The maximum Gasteiger partial charge on any atom is 0.195 e. The Morgan fingerprint density at radius 1 is 1.43 bits per heavy atom. The fourth-order valence-electron chi connectivity index (χ4n) is 1.17. The van der Waals surface area contributed by atoms with Gasteiger partial charge in [0.1, 0.15) is 5.76 Å². The number of aryl methyl sites for hydroxylation is 1. The van der Waals surface area contributed by atoms with E-state index in [0.717, 1.165) is 37.5 Å². The van der Waals surface area contributed by atoms with Gasteiger partial charge < -0.3 is 15.1 Å². The molecule has 0 bridgehead atoms. The van der Waals surface area contributed by atoms with E-state index < -0.39 is 0 Å². The van der Waals surface area contributed by atoms with Crippen molar-refractivity contribution < 1.29 is 4.42 Å². The molecule has 1 aromatic heterocycles. The van der Waals surface area contributed by atoms with Crippen LogP contribution in [0, 0.1) is 0 Å². The number of nitrogens with two attached hydrogens (primary N) is 1. The van der Waals surface area contributed by atoms with Crippen molar-refractivity contribution in [2.45, 2.75) is 19.3 Å². The molecular formula is C10H19N3O. The summed E-state index contributed by atoms with van der Waals surface area (Å²) in [6.45, 7) is 1.67. The maximum atomic E-state index is 5.54. The molecule has 4 heteroatoms. The van der Waals surface area contributed by atoms with E-state index in [1.54, 1.807) is 6.20 Å². The molecule has 0 fully saturated rings. The summed E-state index contributed by atoms with van der Waals surface area (Å²) in [6, 6.07) is 0. The van der Waals surface area contributed by atoms with Crippen LogP contribution in [0.1, 0.15) is 18.1 Å². The van der Waals surface area contributed by atoms with E-state index in [0.29, 0.717) is 6.54 Å². The molecule has 0 radical (unpaired) electrons. The summed E-state index contributed by atoms with van der Waals surface area (Å²) >= 11 is 0. The molecule has 0 aliphatic rings. The van der Waals surface area contributed by atoms with Crippen LogP contribution >= 0.6 is 0 Å². The lowest BCUT2D eigenvalue weighted by Crippen LogP contribution is -2.15. The molecule has 1 rings (SSSR count). The highest BCUT2D eigenvalue weighted by Crippen LogP contribution is 2.06. The molecule has 0 aromatic carbocycles. The maximum absolute atomic E-state index is 5.54. The first kappa shape index (κ1) is 11.2. The van der Waals surface area contributed by atoms with Gasteiger partial charge in [0.05, 0.1) is 6.20 Å². The summed E-state index contributed by atoms with van der Waals surface area (Å²) in [7, 11) is 4.08. The van der Waals surface area contributed by atoms with Crippen LogP contribution in [0.5, 0.6) is 0 Å². The number of likely N-dealkylation sites (N-methyl/N-ethyl adjacent to an activating group) is 1. The highest BCUT2D eigenvalue weighted by Gasteiger charge is 2.03. The van der Waals surface area contributed by atoms with Crippen LogP contribution in [0.4, 0.5) is 0 Å². The molecule has 80 valence electrons. The summed E-state index contributed by atoms with van der Waals surface area (Å²) in [5.74, 6) is 1.77. The Balaban J connectivity index is 2.35. The normalized spacial score (nSPS) is 11.1. The zero-order valence-corrected chi connectivity index (χ0v) is 8.99. The molecule has 0 aliphatic carbocycles. The van der Waals surface area contributed by atoms with Gasteiger partial charge in [-0.2, -0.15) is 0 Å². The van der Waals surface area contributed by atoms with E-state index in [1.165, 1.54) is 0 Å². The van der Waals surface area contributed by atoms with Gasteiger partial charge in [-0.05, 0) is 27.1 Å². The Morgan fingerprint density at radius 3 is 2.86 bits per heavy atom. The van der Waals surface area contributed by atoms with Gasteiger partial charge in [0, 0.05) is 19.4 Å². The van der Waals surface area contributed by atoms with Crippen LogP contribution in [-0.2, 0) is 12.8 Å². The second-order valence-electron chi connectivity index (χ2n) is 3.67. The van der Waals surface area contributed by atoms with Gasteiger partial charge in [0.25, 0.3) is 0 Å². The fourth-order valence-corrected chi connectivity index (χ4v) is 1.17. The topological polar surface area (TPSA) is 55.3 Å². The first-order chi connectivity index (χ1) is 6.72. The summed E-state index contributed by atoms with van der Waals surface area (Å²) in [5, 5.41) is 0. The van der Waals surface area contributed by atoms with Gasteiger partial charge in [0.15, 0.2) is 5.89 Å². The van der Waals surface area contributed by atoms with Crippen molar-refractivity contribution >= 4 is 0 Å². The van der Waals surface area contributed by atoms with Gasteiger partial charge >= 0.3 is 0 Å². The number of rotatable bonds is 6. The van der Waals surface area contributed by atoms with Crippen LogP contribution in [-0.4, -0.2) is 37.1 Å². The van der Waals surface area contributed by atoms with Crippen molar-refractivity contribution in [3.8, 4) is 0 Å². The molecule has 0 atom stereocenters. The Kier molecular flexibility index (Phi) is 4.62. The largest absolute Gasteiger partial charge is 0.446 e. The van der Waals surface area contributed by atoms with Crippen LogP contribution in [0.2, 0.25) is 0 Å². The summed E-state index contributed by atoms with van der Waals surface area (Å²) in [5.41, 5.74) is 5.41. The van der Waals surface area contributed by atoms with Crippen LogP contribution < -0.4 is 5.73 Å².